The Hall–Kier alpha value is -1.40. The number of carbonyl (C=O) groups excluding carboxylic acids is 1. The second-order valence-corrected chi connectivity index (χ2v) is 5.75. The Labute approximate surface area is 132 Å². The van der Waals surface area contributed by atoms with Crippen molar-refractivity contribution in [3.8, 4) is 5.75 Å². The van der Waals surface area contributed by atoms with E-state index in [1.54, 1.807) is 24.3 Å². The first kappa shape index (κ1) is 15.0. The van der Waals surface area contributed by atoms with E-state index in [4.69, 9.17) is 4.74 Å². The Bertz CT molecular complexity index is 662. The van der Waals surface area contributed by atoms with Gasteiger partial charge in [0.15, 0.2) is 0 Å². The molecular formula is C14H10Br2FNO2. The van der Waals surface area contributed by atoms with E-state index < -0.39 is 11.7 Å². The number of carbonyl (C=O) groups is 1. The molecule has 0 saturated heterocycles. The Morgan fingerprint density at radius 1 is 1.15 bits per heavy atom. The second kappa shape index (κ2) is 6.37. The first-order valence-corrected chi connectivity index (χ1v) is 7.20. The normalized spacial score (nSPS) is 10.2. The maximum Gasteiger partial charge on any atom is 0.258 e. The van der Waals surface area contributed by atoms with Gasteiger partial charge < -0.3 is 10.1 Å². The molecule has 0 atom stereocenters. The molecule has 104 valence electrons. The number of methoxy groups -OCH3 is 1. The van der Waals surface area contributed by atoms with Crippen molar-refractivity contribution >= 4 is 43.5 Å². The highest BCUT2D eigenvalue weighted by Gasteiger charge is 2.14. The first-order valence-electron chi connectivity index (χ1n) is 5.61. The number of ether oxygens (including phenoxy) is 1. The summed E-state index contributed by atoms with van der Waals surface area (Å²) >= 11 is 6.46. The van der Waals surface area contributed by atoms with Gasteiger partial charge in [0.05, 0.1) is 18.4 Å². The van der Waals surface area contributed by atoms with Crippen LogP contribution in [0.4, 0.5) is 10.1 Å². The van der Waals surface area contributed by atoms with Gasteiger partial charge in [-0.25, -0.2) is 4.39 Å². The number of amides is 1. The molecule has 20 heavy (non-hydrogen) atoms. The SMILES string of the molecule is COc1ccc(Br)cc1NC(=O)c1ccc(Br)cc1F. The number of nitrogens with one attached hydrogen (secondary N) is 1. The highest BCUT2D eigenvalue weighted by atomic mass is 79.9. The molecule has 3 nitrogen and oxygen atoms in total. The summed E-state index contributed by atoms with van der Waals surface area (Å²) in [4.78, 5) is 12.1. The summed E-state index contributed by atoms with van der Waals surface area (Å²) in [6, 6.07) is 9.45. The molecule has 2 aromatic rings. The number of hydrogen-bond donors (Lipinski definition) is 1. The molecule has 6 heteroatoms. The average Bonchev–Trinajstić information content (AvgIpc) is 2.38. The molecule has 0 aromatic heterocycles. The van der Waals surface area contributed by atoms with Crippen LogP contribution in [-0.2, 0) is 0 Å². The van der Waals surface area contributed by atoms with Crippen molar-refractivity contribution in [2.24, 2.45) is 0 Å². The molecule has 0 heterocycles. The van der Waals surface area contributed by atoms with Gasteiger partial charge in [-0.2, -0.15) is 0 Å². The summed E-state index contributed by atoms with van der Waals surface area (Å²) in [5.41, 5.74) is 0.435. The minimum Gasteiger partial charge on any atom is -0.495 e. The lowest BCUT2D eigenvalue weighted by Crippen LogP contribution is -2.14. The van der Waals surface area contributed by atoms with E-state index in [2.05, 4.69) is 37.2 Å². The first-order chi connectivity index (χ1) is 9.51. The molecule has 0 radical (unpaired) electrons. The number of benzene rings is 2. The van der Waals surface area contributed by atoms with Gasteiger partial charge in [0.25, 0.3) is 5.91 Å². The zero-order valence-electron chi connectivity index (χ0n) is 10.4. The maximum atomic E-state index is 13.7. The average molecular weight is 403 g/mol. The molecule has 2 aromatic carbocycles. The van der Waals surface area contributed by atoms with Crippen LogP contribution in [0.15, 0.2) is 45.3 Å². The van der Waals surface area contributed by atoms with Crippen LogP contribution in [0.2, 0.25) is 0 Å². The van der Waals surface area contributed by atoms with Crippen LogP contribution in [0, 0.1) is 5.82 Å². The smallest absolute Gasteiger partial charge is 0.258 e. The van der Waals surface area contributed by atoms with E-state index in [-0.39, 0.29) is 5.56 Å². The van der Waals surface area contributed by atoms with E-state index in [9.17, 15) is 9.18 Å². The number of hydrogen-bond acceptors (Lipinski definition) is 2. The van der Waals surface area contributed by atoms with Crippen molar-refractivity contribution < 1.29 is 13.9 Å². The van der Waals surface area contributed by atoms with Crippen LogP contribution in [0.3, 0.4) is 0 Å². The lowest BCUT2D eigenvalue weighted by molar-refractivity contribution is 0.102. The van der Waals surface area contributed by atoms with Crippen molar-refractivity contribution in [2.75, 3.05) is 12.4 Å². The highest BCUT2D eigenvalue weighted by molar-refractivity contribution is 9.10. The Balaban J connectivity index is 2.30. The van der Waals surface area contributed by atoms with E-state index in [0.29, 0.717) is 15.9 Å². The predicted molar refractivity (Wildman–Crippen MR) is 82.7 cm³/mol. The largest absolute Gasteiger partial charge is 0.495 e. The molecule has 0 aliphatic heterocycles. The van der Waals surface area contributed by atoms with Crippen molar-refractivity contribution in [1.29, 1.82) is 0 Å². The minimum atomic E-state index is -0.592. The number of anilines is 1. The highest BCUT2D eigenvalue weighted by Crippen LogP contribution is 2.28. The quantitative estimate of drug-likeness (QED) is 0.813. The van der Waals surface area contributed by atoms with Gasteiger partial charge in [-0.15, -0.1) is 0 Å². The summed E-state index contributed by atoms with van der Waals surface area (Å²) in [5.74, 6) is -0.628. The Kier molecular flexibility index (Phi) is 4.77. The topological polar surface area (TPSA) is 38.3 Å². The molecule has 0 aliphatic carbocycles. The van der Waals surface area contributed by atoms with Gasteiger partial charge in [0, 0.05) is 8.95 Å². The van der Waals surface area contributed by atoms with Crippen molar-refractivity contribution in [2.45, 2.75) is 0 Å². The fraction of sp³-hybridized carbons (Fsp3) is 0.0714. The fourth-order valence-corrected chi connectivity index (χ4v) is 2.34. The van der Waals surface area contributed by atoms with Crippen LogP contribution in [0.25, 0.3) is 0 Å². The van der Waals surface area contributed by atoms with Gasteiger partial charge in [-0.1, -0.05) is 31.9 Å². The van der Waals surface area contributed by atoms with Crippen LogP contribution in [0.1, 0.15) is 10.4 Å². The zero-order chi connectivity index (χ0) is 14.7. The van der Waals surface area contributed by atoms with E-state index in [1.165, 1.54) is 19.2 Å². The van der Waals surface area contributed by atoms with E-state index in [0.717, 1.165) is 4.47 Å². The number of halogens is 3. The maximum absolute atomic E-state index is 13.7. The molecular weight excluding hydrogens is 393 g/mol. The molecule has 0 saturated carbocycles. The van der Waals surface area contributed by atoms with Crippen molar-refractivity contribution in [1.82, 2.24) is 0 Å². The summed E-state index contributed by atoms with van der Waals surface area (Å²) in [5, 5.41) is 2.63. The third-order valence-corrected chi connectivity index (χ3v) is 3.57. The Morgan fingerprint density at radius 3 is 2.45 bits per heavy atom. The third kappa shape index (κ3) is 3.37. The molecule has 0 unspecified atom stereocenters. The van der Waals surface area contributed by atoms with E-state index in [1.807, 2.05) is 0 Å². The van der Waals surface area contributed by atoms with Crippen molar-refractivity contribution in [3.05, 3.63) is 56.7 Å². The van der Waals surface area contributed by atoms with Gasteiger partial charge >= 0.3 is 0 Å². The standard InChI is InChI=1S/C14H10Br2FNO2/c1-20-13-5-3-9(16)7-12(13)18-14(19)10-4-2-8(15)6-11(10)17/h2-7H,1H3,(H,18,19). The minimum absolute atomic E-state index is 0.0322. The van der Waals surface area contributed by atoms with Crippen LogP contribution in [-0.4, -0.2) is 13.0 Å². The van der Waals surface area contributed by atoms with Crippen molar-refractivity contribution in [3.63, 3.8) is 0 Å². The Morgan fingerprint density at radius 2 is 1.80 bits per heavy atom. The summed E-state index contributed by atoms with van der Waals surface area (Å²) < 4.78 is 20.2. The van der Waals surface area contributed by atoms with Crippen LogP contribution < -0.4 is 10.1 Å². The number of rotatable bonds is 3. The summed E-state index contributed by atoms with van der Waals surface area (Å²) in [7, 11) is 1.50. The molecule has 1 amide bonds. The third-order valence-electron chi connectivity index (χ3n) is 2.59. The molecule has 2 rings (SSSR count). The molecule has 0 spiro atoms. The van der Waals surface area contributed by atoms with Crippen LogP contribution in [0.5, 0.6) is 5.75 Å². The summed E-state index contributed by atoms with van der Waals surface area (Å²) in [6.45, 7) is 0. The molecule has 1 N–H and O–H groups in total. The fourth-order valence-electron chi connectivity index (χ4n) is 1.64. The monoisotopic (exact) mass is 401 g/mol. The molecule has 0 aliphatic rings. The van der Waals surface area contributed by atoms with E-state index >= 15 is 0 Å². The van der Waals surface area contributed by atoms with Gasteiger partial charge in [0.1, 0.15) is 11.6 Å². The van der Waals surface area contributed by atoms with Gasteiger partial charge in [0.2, 0.25) is 0 Å². The second-order valence-electron chi connectivity index (χ2n) is 3.92. The van der Waals surface area contributed by atoms with Gasteiger partial charge in [-0.05, 0) is 36.4 Å². The molecule has 0 bridgehead atoms. The molecule has 0 fully saturated rings. The summed E-state index contributed by atoms with van der Waals surface area (Å²) in [6.07, 6.45) is 0. The lowest BCUT2D eigenvalue weighted by atomic mass is 10.2. The van der Waals surface area contributed by atoms with Crippen LogP contribution >= 0.6 is 31.9 Å². The lowest BCUT2D eigenvalue weighted by Gasteiger charge is -2.11. The van der Waals surface area contributed by atoms with Gasteiger partial charge in [-0.3, -0.25) is 4.79 Å². The predicted octanol–water partition coefficient (Wildman–Crippen LogP) is 4.61. The zero-order valence-corrected chi connectivity index (χ0v) is 13.6.